The molecule has 1 heterocycles. The molecule has 0 spiro atoms. The van der Waals surface area contributed by atoms with Gasteiger partial charge in [0, 0.05) is 18.1 Å². The molecular formula is C36H53FO3. The van der Waals surface area contributed by atoms with Gasteiger partial charge in [-0.2, -0.15) is 0 Å². The van der Waals surface area contributed by atoms with Gasteiger partial charge in [-0.15, -0.1) is 0 Å². The van der Waals surface area contributed by atoms with E-state index >= 15 is 0 Å². The summed E-state index contributed by atoms with van der Waals surface area (Å²) >= 11 is 0. The van der Waals surface area contributed by atoms with Crippen LogP contribution in [0.4, 0.5) is 4.39 Å². The summed E-state index contributed by atoms with van der Waals surface area (Å²) in [6.45, 7) is 9.97. The molecule has 1 atom stereocenters. The first-order chi connectivity index (χ1) is 19.3. The first-order valence-electron chi connectivity index (χ1n) is 16.0. The van der Waals surface area contributed by atoms with E-state index in [-0.39, 0.29) is 17.4 Å². The molecule has 0 saturated carbocycles. The molecule has 222 valence electrons. The van der Waals surface area contributed by atoms with Crippen molar-refractivity contribution in [3.63, 3.8) is 0 Å². The fourth-order valence-corrected chi connectivity index (χ4v) is 6.13. The number of hydrogen-bond donors (Lipinski definition) is 0. The number of fused-ring (bicyclic) bond motifs is 1. The summed E-state index contributed by atoms with van der Waals surface area (Å²) in [6.07, 6.45) is 21.9. The van der Waals surface area contributed by atoms with Crippen molar-refractivity contribution in [2.24, 2.45) is 0 Å². The number of unbranched alkanes of at least 4 members (excludes halogenated alkanes) is 13. The molecule has 0 radical (unpaired) electrons. The fourth-order valence-electron chi connectivity index (χ4n) is 6.13. The quantitative estimate of drug-likeness (QED) is 0.111. The Morgan fingerprint density at radius 1 is 0.850 bits per heavy atom. The molecule has 40 heavy (non-hydrogen) atoms. The fraction of sp³-hybridized carbons (Fsp3) is 0.639. The summed E-state index contributed by atoms with van der Waals surface area (Å²) in [5.41, 5.74) is 4.47. The zero-order valence-corrected chi connectivity index (χ0v) is 25.9. The van der Waals surface area contributed by atoms with Gasteiger partial charge in [-0.3, -0.25) is 4.79 Å². The first kappa shape index (κ1) is 32.2. The summed E-state index contributed by atoms with van der Waals surface area (Å²) in [7, 11) is 0. The van der Waals surface area contributed by atoms with Crippen molar-refractivity contribution in [2.75, 3.05) is 0 Å². The smallest absolute Gasteiger partial charge is 0.308 e. The summed E-state index contributed by atoms with van der Waals surface area (Å²) < 4.78 is 26.2. The third-order valence-electron chi connectivity index (χ3n) is 8.74. The average molecular weight is 553 g/mol. The molecule has 0 unspecified atom stereocenters. The summed E-state index contributed by atoms with van der Waals surface area (Å²) in [4.78, 5) is 12.0. The molecule has 0 bridgehead atoms. The zero-order chi connectivity index (χ0) is 29.0. The minimum atomic E-state index is -0.356. The number of halogens is 1. The Kier molecular flexibility index (Phi) is 13.0. The molecule has 1 aliphatic rings. The maximum absolute atomic E-state index is 13.7. The monoisotopic (exact) mass is 552 g/mol. The molecule has 0 saturated heterocycles. The van der Waals surface area contributed by atoms with E-state index in [9.17, 15) is 9.18 Å². The van der Waals surface area contributed by atoms with Gasteiger partial charge in [0.2, 0.25) is 0 Å². The number of benzene rings is 2. The van der Waals surface area contributed by atoms with E-state index in [0.29, 0.717) is 5.75 Å². The van der Waals surface area contributed by atoms with Crippen molar-refractivity contribution in [2.45, 2.75) is 149 Å². The maximum Gasteiger partial charge on any atom is 0.308 e. The lowest BCUT2D eigenvalue weighted by Crippen LogP contribution is -2.37. The molecule has 0 fully saturated rings. The molecule has 0 amide bonds. The van der Waals surface area contributed by atoms with Crippen LogP contribution in [0.25, 0.3) is 11.1 Å². The highest BCUT2D eigenvalue weighted by Crippen LogP contribution is 2.49. The highest BCUT2D eigenvalue weighted by atomic mass is 19.1. The van der Waals surface area contributed by atoms with E-state index in [1.807, 2.05) is 13.8 Å². The van der Waals surface area contributed by atoms with Crippen LogP contribution in [0.2, 0.25) is 0 Å². The van der Waals surface area contributed by atoms with E-state index in [2.05, 4.69) is 13.8 Å². The Balaban J connectivity index is 1.51. The van der Waals surface area contributed by atoms with E-state index < -0.39 is 0 Å². The van der Waals surface area contributed by atoms with Gasteiger partial charge in [0.05, 0.1) is 0 Å². The summed E-state index contributed by atoms with van der Waals surface area (Å²) in [5, 5.41) is 0. The van der Waals surface area contributed by atoms with E-state index in [0.717, 1.165) is 52.8 Å². The lowest BCUT2D eigenvalue weighted by Gasteiger charge is -2.38. The number of rotatable bonds is 17. The molecule has 2 aromatic carbocycles. The Bertz CT molecular complexity index is 1070. The lowest BCUT2D eigenvalue weighted by molar-refractivity contribution is -0.131. The zero-order valence-electron chi connectivity index (χ0n) is 25.9. The first-order valence-corrected chi connectivity index (χ1v) is 16.0. The van der Waals surface area contributed by atoms with Crippen molar-refractivity contribution < 1.29 is 18.7 Å². The second-order valence-electron chi connectivity index (χ2n) is 12.3. The van der Waals surface area contributed by atoms with Crippen LogP contribution in [-0.4, -0.2) is 11.6 Å². The van der Waals surface area contributed by atoms with Gasteiger partial charge in [0.15, 0.2) is 0 Å². The van der Waals surface area contributed by atoms with Crippen molar-refractivity contribution in [1.82, 2.24) is 0 Å². The highest BCUT2D eigenvalue weighted by molar-refractivity contribution is 5.83. The Morgan fingerprint density at radius 2 is 1.38 bits per heavy atom. The van der Waals surface area contributed by atoms with Crippen molar-refractivity contribution in [3.05, 3.63) is 46.8 Å². The Hall–Kier alpha value is -2.36. The predicted octanol–water partition coefficient (Wildman–Crippen LogP) is 11.0. The van der Waals surface area contributed by atoms with Gasteiger partial charge in [-0.25, -0.2) is 4.39 Å². The van der Waals surface area contributed by atoms with E-state index in [1.165, 1.54) is 109 Å². The van der Waals surface area contributed by atoms with E-state index in [1.54, 1.807) is 12.1 Å². The van der Waals surface area contributed by atoms with Gasteiger partial charge in [0.1, 0.15) is 22.9 Å². The predicted molar refractivity (Wildman–Crippen MR) is 165 cm³/mol. The van der Waals surface area contributed by atoms with Crippen molar-refractivity contribution in [3.8, 4) is 22.6 Å². The van der Waals surface area contributed by atoms with Crippen LogP contribution in [0.5, 0.6) is 11.5 Å². The third kappa shape index (κ3) is 9.35. The van der Waals surface area contributed by atoms with Crippen LogP contribution < -0.4 is 9.47 Å². The van der Waals surface area contributed by atoms with Crippen LogP contribution in [0.15, 0.2) is 24.3 Å². The lowest BCUT2D eigenvalue weighted by atomic mass is 9.82. The molecule has 2 aromatic rings. The van der Waals surface area contributed by atoms with Gasteiger partial charge >= 0.3 is 5.97 Å². The minimum absolute atomic E-state index is 0.204. The second kappa shape index (κ2) is 16.2. The molecule has 0 aromatic heterocycles. The van der Waals surface area contributed by atoms with Crippen LogP contribution in [0, 0.1) is 19.7 Å². The molecule has 0 N–H and O–H groups in total. The van der Waals surface area contributed by atoms with Crippen molar-refractivity contribution >= 4 is 5.97 Å². The number of ether oxygens (including phenoxy) is 2. The average Bonchev–Trinajstić information content (AvgIpc) is 2.93. The molecule has 4 heteroatoms. The molecule has 3 rings (SSSR count). The third-order valence-corrected chi connectivity index (χ3v) is 8.74. The summed E-state index contributed by atoms with van der Waals surface area (Å²) in [6, 6.07) is 6.43. The second-order valence-corrected chi connectivity index (χ2v) is 12.3. The Labute approximate surface area is 243 Å². The number of esters is 1. The molecule has 3 nitrogen and oxygen atoms in total. The number of carbonyl (C=O) groups excluding carboxylic acids is 1. The van der Waals surface area contributed by atoms with Gasteiger partial charge in [0.25, 0.3) is 0 Å². The molecule has 1 aliphatic heterocycles. The largest absolute Gasteiger partial charge is 0.487 e. The Morgan fingerprint density at radius 3 is 1.90 bits per heavy atom. The van der Waals surface area contributed by atoms with Gasteiger partial charge in [-0.05, 0) is 75.3 Å². The van der Waals surface area contributed by atoms with Crippen LogP contribution in [0.3, 0.4) is 0 Å². The summed E-state index contributed by atoms with van der Waals surface area (Å²) in [5.74, 6) is 0.832. The van der Waals surface area contributed by atoms with Crippen LogP contribution >= 0.6 is 0 Å². The van der Waals surface area contributed by atoms with Gasteiger partial charge < -0.3 is 9.47 Å². The SMILES string of the molecule is CCCCCCCCCCCCCCCC[C@]1(C)CCc2c(c(C)c(C)c(OC(C)=O)c2-c2ccc(F)cc2)O1. The number of carbonyl (C=O) groups is 1. The topological polar surface area (TPSA) is 35.5 Å². The van der Waals surface area contributed by atoms with E-state index in [4.69, 9.17) is 9.47 Å². The highest BCUT2D eigenvalue weighted by Gasteiger charge is 2.35. The number of hydrogen-bond acceptors (Lipinski definition) is 3. The standard InChI is InChI=1S/C36H53FO3/c1-6-7-8-9-10-11-12-13-14-15-16-17-18-19-25-36(5)26-24-32-33(30-20-22-31(37)23-21-30)35(39-29(4)38)28(3)27(2)34(32)40-36/h20-23H,6-19,24-26H2,1-5H3/t36-/m1/s1. The minimum Gasteiger partial charge on any atom is -0.487 e. The molecule has 0 aliphatic carbocycles. The van der Waals surface area contributed by atoms with Gasteiger partial charge in [-0.1, -0.05) is 103 Å². The van der Waals surface area contributed by atoms with Crippen LogP contribution in [0.1, 0.15) is 140 Å². The maximum atomic E-state index is 13.7. The van der Waals surface area contributed by atoms with Crippen LogP contribution in [-0.2, 0) is 11.2 Å². The molecular weight excluding hydrogens is 499 g/mol. The van der Waals surface area contributed by atoms with Crippen molar-refractivity contribution in [1.29, 1.82) is 0 Å². The normalized spacial score (nSPS) is 16.4.